The van der Waals surface area contributed by atoms with Gasteiger partial charge in [-0.15, -0.1) is 0 Å². The van der Waals surface area contributed by atoms with Crippen LogP contribution >= 0.6 is 12.2 Å². The van der Waals surface area contributed by atoms with Crippen LogP contribution in [0.15, 0.2) is 53.6 Å². The van der Waals surface area contributed by atoms with Crippen molar-refractivity contribution in [3.8, 4) is 17.6 Å². The van der Waals surface area contributed by atoms with Crippen molar-refractivity contribution in [2.45, 2.75) is 0 Å². The Labute approximate surface area is 145 Å². The predicted molar refractivity (Wildman–Crippen MR) is 97.5 cm³/mol. The number of hydrazone groups is 1. The van der Waals surface area contributed by atoms with Crippen LogP contribution < -0.4 is 20.2 Å². The van der Waals surface area contributed by atoms with Gasteiger partial charge >= 0.3 is 0 Å². The van der Waals surface area contributed by atoms with E-state index in [4.69, 9.17) is 27.0 Å². The van der Waals surface area contributed by atoms with Crippen LogP contribution in [0.25, 0.3) is 0 Å². The van der Waals surface area contributed by atoms with Crippen molar-refractivity contribution in [1.29, 1.82) is 5.26 Å². The predicted octanol–water partition coefficient (Wildman–Crippen LogP) is 2.92. The number of thiocarbonyl (C=S) groups is 1. The SMILES string of the molecule is COc1cccc(NC(=S)N/N=C\c2ccc(OCC#N)cc2)c1. The highest BCUT2D eigenvalue weighted by atomic mass is 32.1. The van der Waals surface area contributed by atoms with Crippen LogP contribution in [0.2, 0.25) is 0 Å². The Kier molecular flexibility index (Phi) is 6.56. The van der Waals surface area contributed by atoms with Crippen LogP contribution in [-0.4, -0.2) is 25.0 Å². The van der Waals surface area contributed by atoms with Crippen molar-refractivity contribution in [1.82, 2.24) is 5.43 Å². The standard InChI is InChI=1S/C17H16N4O2S/c1-22-16-4-2-3-14(11-16)20-17(24)21-19-12-13-5-7-15(8-6-13)23-10-9-18/h2-8,11-12H,10H2,1H3,(H2,20,21,24)/b19-12-. The van der Waals surface area contributed by atoms with Gasteiger partial charge < -0.3 is 14.8 Å². The van der Waals surface area contributed by atoms with Crippen LogP contribution in [0.3, 0.4) is 0 Å². The van der Waals surface area contributed by atoms with E-state index in [9.17, 15) is 0 Å². The normalized spacial score (nSPS) is 10.0. The van der Waals surface area contributed by atoms with Crippen LogP contribution in [0.1, 0.15) is 5.56 Å². The molecular weight excluding hydrogens is 324 g/mol. The molecule has 0 saturated carbocycles. The average Bonchev–Trinajstić information content (AvgIpc) is 2.61. The molecule has 0 spiro atoms. The zero-order valence-corrected chi connectivity index (χ0v) is 13.8. The molecule has 2 aromatic rings. The zero-order chi connectivity index (χ0) is 17.2. The number of nitrogens with zero attached hydrogens (tertiary/aromatic N) is 2. The number of anilines is 1. The van der Waals surface area contributed by atoms with Gasteiger partial charge in [0.05, 0.1) is 13.3 Å². The minimum Gasteiger partial charge on any atom is -0.497 e. The first-order chi connectivity index (χ1) is 11.7. The molecule has 0 atom stereocenters. The highest BCUT2D eigenvalue weighted by Gasteiger charge is 1.98. The summed E-state index contributed by atoms with van der Waals surface area (Å²) in [5.74, 6) is 1.38. The Morgan fingerprint density at radius 1 is 1.25 bits per heavy atom. The molecule has 24 heavy (non-hydrogen) atoms. The summed E-state index contributed by atoms with van der Waals surface area (Å²) in [6.45, 7) is 0.0270. The summed E-state index contributed by atoms with van der Waals surface area (Å²) >= 11 is 5.17. The van der Waals surface area contributed by atoms with Crippen molar-refractivity contribution >= 4 is 29.2 Å². The molecule has 0 saturated heterocycles. The van der Waals surface area contributed by atoms with Gasteiger partial charge in [0, 0.05) is 11.8 Å². The molecule has 0 aliphatic heterocycles. The Morgan fingerprint density at radius 2 is 2.04 bits per heavy atom. The van der Waals surface area contributed by atoms with Crippen LogP contribution in [0, 0.1) is 11.3 Å². The number of hydrogen-bond donors (Lipinski definition) is 2. The molecule has 6 nitrogen and oxygen atoms in total. The van der Waals surface area contributed by atoms with E-state index in [-0.39, 0.29) is 6.61 Å². The number of methoxy groups -OCH3 is 1. The Bertz CT molecular complexity index is 754. The molecule has 0 heterocycles. The van der Waals surface area contributed by atoms with Crippen molar-refractivity contribution in [3.05, 3.63) is 54.1 Å². The highest BCUT2D eigenvalue weighted by Crippen LogP contribution is 2.16. The third-order valence-corrected chi connectivity index (χ3v) is 3.08. The summed E-state index contributed by atoms with van der Waals surface area (Å²) in [6.07, 6.45) is 1.63. The van der Waals surface area contributed by atoms with Crippen LogP contribution in [0.4, 0.5) is 5.69 Å². The first-order valence-corrected chi connectivity index (χ1v) is 7.46. The van der Waals surface area contributed by atoms with E-state index in [1.54, 1.807) is 25.5 Å². The average molecular weight is 340 g/mol. The summed E-state index contributed by atoms with van der Waals surface area (Å²) in [5, 5.41) is 15.9. The number of ether oxygens (including phenoxy) is 2. The lowest BCUT2D eigenvalue weighted by atomic mass is 10.2. The Morgan fingerprint density at radius 3 is 2.75 bits per heavy atom. The number of nitriles is 1. The lowest BCUT2D eigenvalue weighted by Gasteiger charge is -2.08. The molecule has 0 amide bonds. The van der Waals surface area contributed by atoms with E-state index >= 15 is 0 Å². The summed E-state index contributed by atoms with van der Waals surface area (Å²) in [4.78, 5) is 0. The van der Waals surface area contributed by atoms with Crippen molar-refractivity contribution in [2.75, 3.05) is 19.0 Å². The van der Waals surface area contributed by atoms with Crippen molar-refractivity contribution < 1.29 is 9.47 Å². The molecule has 7 heteroatoms. The third kappa shape index (κ3) is 5.59. The van der Waals surface area contributed by atoms with Gasteiger partial charge in [-0.25, -0.2) is 0 Å². The Hall–Kier alpha value is -3.11. The maximum absolute atomic E-state index is 8.46. The lowest BCUT2D eigenvalue weighted by Crippen LogP contribution is -2.23. The number of rotatable bonds is 6. The van der Waals surface area contributed by atoms with Gasteiger partial charge in [0.25, 0.3) is 0 Å². The van der Waals surface area contributed by atoms with Gasteiger partial charge in [0.2, 0.25) is 0 Å². The minimum absolute atomic E-state index is 0.0270. The third-order valence-electron chi connectivity index (χ3n) is 2.89. The van der Waals surface area contributed by atoms with E-state index < -0.39 is 0 Å². The topological polar surface area (TPSA) is 78.7 Å². The first-order valence-electron chi connectivity index (χ1n) is 7.05. The lowest BCUT2D eigenvalue weighted by molar-refractivity contribution is 0.368. The first kappa shape index (κ1) is 17.2. The fraction of sp³-hybridized carbons (Fsp3) is 0.118. The molecular formula is C17H16N4O2S. The van der Waals surface area contributed by atoms with Gasteiger partial charge in [-0.1, -0.05) is 6.07 Å². The monoisotopic (exact) mass is 340 g/mol. The molecule has 0 radical (unpaired) electrons. The quantitative estimate of drug-likeness (QED) is 0.478. The largest absolute Gasteiger partial charge is 0.497 e. The zero-order valence-electron chi connectivity index (χ0n) is 13.0. The van der Waals surface area contributed by atoms with Gasteiger partial charge in [-0.2, -0.15) is 10.4 Å². The van der Waals surface area contributed by atoms with Crippen molar-refractivity contribution in [3.63, 3.8) is 0 Å². The van der Waals surface area contributed by atoms with E-state index in [1.807, 2.05) is 42.5 Å². The second-order valence-corrected chi connectivity index (χ2v) is 4.98. The highest BCUT2D eigenvalue weighted by molar-refractivity contribution is 7.80. The summed E-state index contributed by atoms with van der Waals surface area (Å²) in [5.41, 5.74) is 4.42. The Balaban J connectivity index is 1.84. The summed E-state index contributed by atoms with van der Waals surface area (Å²) in [7, 11) is 1.61. The fourth-order valence-corrected chi connectivity index (χ4v) is 1.96. The molecule has 0 aromatic heterocycles. The van der Waals surface area contributed by atoms with Gasteiger partial charge in [-0.05, 0) is 54.2 Å². The van der Waals surface area contributed by atoms with E-state index in [1.165, 1.54) is 0 Å². The summed E-state index contributed by atoms with van der Waals surface area (Å²) in [6, 6.07) is 16.5. The van der Waals surface area contributed by atoms with Gasteiger partial charge in [0.15, 0.2) is 11.7 Å². The molecule has 2 N–H and O–H groups in total. The molecule has 122 valence electrons. The van der Waals surface area contributed by atoms with Gasteiger partial charge in [0.1, 0.15) is 17.6 Å². The second kappa shape index (κ2) is 9.12. The number of benzene rings is 2. The molecule has 0 fully saturated rings. The van der Waals surface area contributed by atoms with Crippen LogP contribution in [-0.2, 0) is 0 Å². The van der Waals surface area contributed by atoms with E-state index in [0.29, 0.717) is 10.9 Å². The summed E-state index contributed by atoms with van der Waals surface area (Å²) < 4.78 is 10.3. The molecule has 2 rings (SSSR count). The number of hydrogen-bond acceptors (Lipinski definition) is 5. The number of nitrogens with one attached hydrogen (secondary N) is 2. The van der Waals surface area contributed by atoms with E-state index in [0.717, 1.165) is 17.0 Å². The minimum atomic E-state index is 0.0270. The molecule has 0 aliphatic carbocycles. The molecule has 0 bridgehead atoms. The van der Waals surface area contributed by atoms with Gasteiger partial charge in [-0.3, -0.25) is 5.43 Å². The maximum Gasteiger partial charge on any atom is 0.191 e. The molecule has 0 aliphatic rings. The van der Waals surface area contributed by atoms with Crippen LogP contribution in [0.5, 0.6) is 11.5 Å². The van der Waals surface area contributed by atoms with E-state index in [2.05, 4.69) is 15.8 Å². The smallest absolute Gasteiger partial charge is 0.191 e. The second-order valence-electron chi connectivity index (χ2n) is 4.57. The molecule has 2 aromatic carbocycles. The maximum atomic E-state index is 8.46. The van der Waals surface area contributed by atoms with Crippen molar-refractivity contribution in [2.24, 2.45) is 5.10 Å². The molecule has 0 unspecified atom stereocenters. The fourth-order valence-electron chi connectivity index (χ4n) is 1.79.